The third-order valence-corrected chi connectivity index (χ3v) is 6.59. The van der Waals surface area contributed by atoms with E-state index in [0.29, 0.717) is 30.3 Å². The van der Waals surface area contributed by atoms with Gasteiger partial charge in [0, 0.05) is 18.1 Å². The van der Waals surface area contributed by atoms with Crippen LogP contribution < -0.4 is 0 Å². The predicted molar refractivity (Wildman–Crippen MR) is 92.3 cm³/mol. The van der Waals surface area contributed by atoms with Crippen molar-refractivity contribution in [3.8, 4) is 12.3 Å². The highest BCUT2D eigenvalue weighted by Crippen LogP contribution is 2.32. The average molecular weight is 376 g/mol. The summed E-state index contributed by atoms with van der Waals surface area (Å²) in [6, 6.07) is 3.00. The summed E-state index contributed by atoms with van der Waals surface area (Å²) in [7, 11) is -3.65. The number of halogens is 2. The largest absolute Gasteiger partial charge is 0.368 e. The number of ether oxygens (including phenoxy) is 1. The van der Waals surface area contributed by atoms with E-state index in [4.69, 9.17) is 34.4 Å². The second-order valence-electron chi connectivity index (χ2n) is 5.62. The van der Waals surface area contributed by atoms with Crippen LogP contribution in [-0.2, 0) is 14.8 Å². The third kappa shape index (κ3) is 4.40. The lowest BCUT2D eigenvalue weighted by Crippen LogP contribution is -2.41. The minimum Gasteiger partial charge on any atom is -0.368 e. The summed E-state index contributed by atoms with van der Waals surface area (Å²) >= 11 is 12.1. The zero-order valence-corrected chi connectivity index (χ0v) is 15.2. The summed E-state index contributed by atoms with van der Waals surface area (Å²) in [5, 5.41) is 0.597. The fourth-order valence-electron chi connectivity index (χ4n) is 2.63. The molecule has 0 radical (unpaired) electrons. The van der Waals surface area contributed by atoms with Crippen LogP contribution in [0.25, 0.3) is 0 Å². The maximum Gasteiger partial charge on any atom is 0.244 e. The van der Waals surface area contributed by atoms with Crippen LogP contribution in [0.4, 0.5) is 0 Å². The van der Waals surface area contributed by atoms with Crippen molar-refractivity contribution in [3.63, 3.8) is 0 Å². The van der Waals surface area contributed by atoms with Crippen LogP contribution >= 0.6 is 23.2 Å². The van der Waals surface area contributed by atoms with E-state index < -0.39 is 10.0 Å². The van der Waals surface area contributed by atoms with Crippen LogP contribution in [0.3, 0.4) is 0 Å². The molecular formula is C16H19Cl2NO3S. The molecule has 126 valence electrons. The Hall–Kier alpha value is -0.770. The van der Waals surface area contributed by atoms with Gasteiger partial charge in [-0.2, -0.15) is 4.31 Å². The molecule has 0 amide bonds. The zero-order chi connectivity index (χ0) is 17.0. The lowest BCUT2D eigenvalue weighted by molar-refractivity contribution is 0.0990. The number of hydrogen-bond acceptors (Lipinski definition) is 3. The maximum absolute atomic E-state index is 12.9. The number of sulfonamides is 1. The average Bonchev–Trinajstić information content (AvgIpc) is 2.51. The molecule has 1 aliphatic rings. The van der Waals surface area contributed by atoms with Crippen molar-refractivity contribution in [1.82, 2.24) is 4.31 Å². The van der Waals surface area contributed by atoms with Crippen LogP contribution in [0, 0.1) is 25.2 Å². The molecule has 0 bridgehead atoms. The lowest BCUT2D eigenvalue weighted by Gasteiger charge is -2.32. The van der Waals surface area contributed by atoms with Crippen LogP contribution in [0.2, 0.25) is 10.0 Å². The van der Waals surface area contributed by atoms with Crippen molar-refractivity contribution in [2.24, 2.45) is 5.92 Å². The first-order valence-corrected chi connectivity index (χ1v) is 9.53. The van der Waals surface area contributed by atoms with Crippen molar-refractivity contribution in [2.75, 3.05) is 26.3 Å². The molecule has 1 saturated heterocycles. The third-order valence-electron chi connectivity index (χ3n) is 3.85. The molecule has 0 aromatic heterocycles. The lowest BCUT2D eigenvalue weighted by atomic mass is 10.0. The van der Waals surface area contributed by atoms with E-state index in [1.807, 2.05) is 0 Å². The van der Waals surface area contributed by atoms with E-state index in [0.717, 1.165) is 12.8 Å². The number of rotatable bonds is 5. The SMILES string of the molecule is C#CCOC[C@H]1CCCN(S(=O)(=O)c2cc(C)c(Cl)cc2Cl)C1. The first kappa shape index (κ1) is 18.6. The number of nitrogens with zero attached hydrogens (tertiary/aromatic N) is 1. The molecule has 23 heavy (non-hydrogen) atoms. The summed E-state index contributed by atoms with van der Waals surface area (Å²) < 4.78 is 32.6. The minimum atomic E-state index is -3.65. The van der Waals surface area contributed by atoms with Gasteiger partial charge in [0.25, 0.3) is 0 Å². The summed E-state index contributed by atoms with van der Waals surface area (Å²) in [5.74, 6) is 2.55. The van der Waals surface area contributed by atoms with Gasteiger partial charge in [-0.3, -0.25) is 0 Å². The molecule has 0 saturated carbocycles. The number of benzene rings is 1. The molecule has 2 rings (SSSR count). The van der Waals surface area contributed by atoms with Crippen molar-refractivity contribution in [1.29, 1.82) is 0 Å². The molecule has 1 fully saturated rings. The number of aryl methyl sites for hydroxylation is 1. The molecule has 0 spiro atoms. The smallest absolute Gasteiger partial charge is 0.244 e. The summed E-state index contributed by atoms with van der Waals surface area (Å²) in [6.45, 7) is 3.34. The second-order valence-corrected chi connectivity index (χ2v) is 8.34. The van der Waals surface area contributed by atoms with E-state index in [1.165, 1.54) is 16.4 Å². The quantitative estimate of drug-likeness (QED) is 0.585. The van der Waals surface area contributed by atoms with Gasteiger partial charge in [0.15, 0.2) is 0 Å². The molecule has 0 unspecified atom stereocenters. The zero-order valence-electron chi connectivity index (χ0n) is 12.9. The van der Waals surface area contributed by atoms with Gasteiger partial charge in [0.05, 0.1) is 11.6 Å². The van der Waals surface area contributed by atoms with Crippen LogP contribution in [0.15, 0.2) is 17.0 Å². The van der Waals surface area contributed by atoms with Crippen LogP contribution in [0.1, 0.15) is 18.4 Å². The van der Waals surface area contributed by atoms with Crippen molar-refractivity contribution < 1.29 is 13.2 Å². The Morgan fingerprint density at radius 1 is 1.39 bits per heavy atom. The summed E-state index contributed by atoms with van der Waals surface area (Å²) in [5.41, 5.74) is 0.681. The van der Waals surface area contributed by atoms with Crippen LogP contribution in [-0.4, -0.2) is 39.0 Å². The highest BCUT2D eigenvalue weighted by molar-refractivity contribution is 7.89. The highest BCUT2D eigenvalue weighted by atomic mass is 35.5. The molecule has 0 aliphatic carbocycles. The minimum absolute atomic E-state index is 0.103. The molecule has 4 nitrogen and oxygen atoms in total. The van der Waals surface area contributed by atoms with Crippen molar-refractivity contribution >= 4 is 33.2 Å². The van der Waals surface area contributed by atoms with E-state index >= 15 is 0 Å². The van der Waals surface area contributed by atoms with Gasteiger partial charge >= 0.3 is 0 Å². The van der Waals surface area contributed by atoms with Gasteiger partial charge in [-0.1, -0.05) is 29.1 Å². The van der Waals surface area contributed by atoms with Gasteiger partial charge in [0.2, 0.25) is 10.0 Å². The molecule has 1 aromatic carbocycles. The standard InChI is InChI=1S/C16H19Cl2NO3S/c1-3-7-22-11-13-5-4-6-19(10-13)23(20,21)16-8-12(2)14(17)9-15(16)18/h1,8-9,13H,4-7,10-11H2,2H3/t13-/m0/s1. The highest BCUT2D eigenvalue weighted by Gasteiger charge is 2.32. The van der Waals surface area contributed by atoms with Gasteiger partial charge in [-0.25, -0.2) is 8.42 Å². The molecule has 7 heteroatoms. The van der Waals surface area contributed by atoms with Crippen molar-refractivity contribution in [2.45, 2.75) is 24.7 Å². The second kappa shape index (κ2) is 7.87. The maximum atomic E-state index is 12.9. The van der Waals surface area contributed by atoms with Crippen molar-refractivity contribution in [3.05, 3.63) is 27.7 Å². The number of piperidine rings is 1. The molecule has 1 aliphatic heterocycles. The first-order valence-electron chi connectivity index (χ1n) is 7.33. The van der Waals surface area contributed by atoms with Crippen LogP contribution in [0.5, 0.6) is 0 Å². The Kier molecular flexibility index (Phi) is 6.35. The Labute approximate surface area is 147 Å². The Morgan fingerprint density at radius 3 is 2.83 bits per heavy atom. The normalized spacial score (nSPS) is 19.5. The summed E-state index contributed by atoms with van der Waals surface area (Å²) in [6.07, 6.45) is 6.86. The molecule has 1 aromatic rings. The Morgan fingerprint density at radius 2 is 2.13 bits per heavy atom. The molecular weight excluding hydrogens is 357 g/mol. The van der Waals surface area contributed by atoms with E-state index in [2.05, 4.69) is 5.92 Å². The fourth-order valence-corrected chi connectivity index (χ4v) is 4.99. The van der Waals surface area contributed by atoms with E-state index in [9.17, 15) is 8.42 Å². The Bertz CT molecular complexity index is 713. The molecule has 1 atom stereocenters. The van der Waals surface area contributed by atoms with Gasteiger partial charge in [0.1, 0.15) is 11.5 Å². The summed E-state index contributed by atoms with van der Waals surface area (Å²) in [4.78, 5) is 0.103. The predicted octanol–water partition coefficient (Wildman–Crippen LogP) is 3.35. The van der Waals surface area contributed by atoms with Gasteiger partial charge in [-0.15, -0.1) is 6.42 Å². The topological polar surface area (TPSA) is 46.6 Å². The van der Waals surface area contributed by atoms with E-state index in [1.54, 1.807) is 6.92 Å². The molecule has 0 N–H and O–H groups in total. The fraction of sp³-hybridized carbons (Fsp3) is 0.500. The first-order chi connectivity index (χ1) is 10.9. The number of hydrogen-bond donors (Lipinski definition) is 0. The monoisotopic (exact) mass is 375 g/mol. The van der Waals surface area contributed by atoms with Gasteiger partial charge < -0.3 is 4.74 Å². The Balaban J connectivity index is 2.19. The van der Waals surface area contributed by atoms with E-state index in [-0.39, 0.29) is 22.4 Å². The number of terminal acetylenes is 1. The molecule has 1 heterocycles. The van der Waals surface area contributed by atoms with Gasteiger partial charge in [-0.05, 0) is 43.4 Å².